The van der Waals surface area contributed by atoms with Crippen LogP contribution >= 0.6 is 0 Å². The standard InChI is InChI=1S/C23H25F4N3O/c1-22(2,17-9-11-18(24)12-10-17)28-21(31)19-15-20(16-7-4-3-5-8-16)30(29-19)14-6-13-23(25,26)27/h3-5,7-12,20H,6,13-15H2,1-2H3,(H,28,31). The zero-order chi connectivity index (χ0) is 22.6. The number of rotatable bonds is 7. The Kier molecular flexibility index (Phi) is 6.67. The Hall–Kier alpha value is -2.90. The smallest absolute Gasteiger partial charge is 0.342 e. The Morgan fingerprint density at radius 3 is 2.35 bits per heavy atom. The Bertz CT molecular complexity index is 924. The molecular formula is C23H25F4N3O. The van der Waals surface area contributed by atoms with Crippen molar-refractivity contribution < 1.29 is 22.4 Å². The molecule has 1 heterocycles. The van der Waals surface area contributed by atoms with Crippen molar-refractivity contribution in [2.24, 2.45) is 5.10 Å². The molecule has 1 aliphatic heterocycles. The summed E-state index contributed by atoms with van der Waals surface area (Å²) in [7, 11) is 0. The molecule has 0 bridgehead atoms. The number of halogens is 4. The van der Waals surface area contributed by atoms with Gasteiger partial charge in [0, 0.05) is 19.4 Å². The highest BCUT2D eigenvalue weighted by Crippen LogP contribution is 2.32. The van der Waals surface area contributed by atoms with E-state index in [9.17, 15) is 22.4 Å². The molecule has 1 atom stereocenters. The summed E-state index contributed by atoms with van der Waals surface area (Å²) in [6, 6.07) is 14.8. The summed E-state index contributed by atoms with van der Waals surface area (Å²) in [6.07, 6.45) is -4.95. The molecule has 0 aliphatic carbocycles. The maximum atomic E-state index is 13.2. The molecule has 1 amide bonds. The largest absolute Gasteiger partial charge is 0.389 e. The van der Waals surface area contributed by atoms with Crippen LogP contribution in [0.1, 0.15) is 50.3 Å². The van der Waals surface area contributed by atoms with E-state index in [2.05, 4.69) is 10.4 Å². The van der Waals surface area contributed by atoms with E-state index in [1.165, 1.54) is 12.1 Å². The van der Waals surface area contributed by atoms with Crippen molar-refractivity contribution in [1.82, 2.24) is 10.3 Å². The lowest BCUT2D eigenvalue weighted by atomic mass is 9.93. The van der Waals surface area contributed by atoms with Crippen molar-refractivity contribution >= 4 is 11.6 Å². The van der Waals surface area contributed by atoms with Crippen LogP contribution in [0.3, 0.4) is 0 Å². The van der Waals surface area contributed by atoms with Gasteiger partial charge in [-0.15, -0.1) is 0 Å². The van der Waals surface area contributed by atoms with Gasteiger partial charge in [0.15, 0.2) is 0 Å². The number of amides is 1. The summed E-state index contributed by atoms with van der Waals surface area (Å²) < 4.78 is 51.0. The number of hydrogen-bond donors (Lipinski definition) is 1. The van der Waals surface area contributed by atoms with E-state index in [0.717, 1.165) is 11.1 Å². The normalized spacial score (nSPS) is 16.9. The summed E-state index contributed by atoms with van der Waals surface area (Å²) in [4.78, 5) is 12.9. The predicted molar refractivity (Wildman–Crippen MR) is 111 cm³/mol. The van der Waals surface area contributed by atoms with E-state index in [1.54, 1.807) is 31.0 Å². The minimum Gasteiger partial charge on any atom is -0.342 e. The Balaban J connectivity index is 1.74. The lowest BCUT2D eigenvalue weighted by Gasteiger charge is -2.26. The molecule has 1 N–H and O–H groups in total. The number of nitrogens with zero attached hydrogens (tertiary/aromatic N) is 2. The van der Waals surface area contributed by atoms with Crippen LogP contribution < -0.4 is 5.32 Å². The van der Waals surface area contributed by atoms with Crippen LogP contribution in [-0.2, 0) is 10.3 Å². The first-order valence-corrected chi connectivity index (χ1v) is 10.1. The van der Waals surface area contributed by atoms with Crippen LogP contribution in [0.2, 0.25) is 0 Å². The summed E-state index contributed by atoms with van der Waals surface area (Å²) in [5.41, 5.74) is 1.09. The third-order valence-electron chi connectivity index (χ3n) is 5.28. The minimum atomic E-state index is -4.23. The molecule has 166 valence electrons. The molecule has 2 aromatic rings. The van der Waals surface area contributed by atoms with Crippen molar-refractivity contribution in [3.05, 3.63) is 71.5 Å². The number of alkyl halides is 3. The monoisotopic (exact) mass is 435 g/mol. The highest BCUT2D eigenvalue weighted by Gasteiger charge is 2.34. The van der Waals surface area contributed by atoms with Crippen molar-refractivity contribution in [3.63, 3.8) is 0 Å². The SMILES string of the molecule is CC(C)(NC(=O)C1=NN(CCCC(F)(F)F)C(c2ccccc2)C1)c1ccc(F)cc1. The number of carbonyl (C=O) groups excluding carboxylic acids is 1. The summed E-state index contributed by atoms with van der Waals surface area (Å²) in [5, 5.41) is 8.85. The van der Waals surface area contributed by atoms with Crippen LogP contribution in [0, 0.1) is 5.82 Å². The van der Waals surface area contributed by atoms with Gasteiger partial charge in [-0.1, -0.05) is 42.5 Å². The molecule has 0 saturated heterocycles. The first kappa shape index (κ1) is 22.8. The summed E-state index contributed by atoms with van der Waals surface area (Å²) >= 11 is 0. The van der Waals surface area contributed by atoms with E-state index in [0.29, 0.717) is 6.42 Å². The van der Waals surface area contributed by atoms with Gasteiger partial charge in [0.05, 0.1) is 11.6 Å². The molecule has 3 rings (SSSR count). The van der Waals surface area contributed by atoms with Crippen molar-refractivity contribution in [2.45, 2.75) is 50.9 Å². The van der Waals surface area contributed by atoms with Gasteiger partial charge in [0.1, 0.15) is 11.5 Å². The van der Waals surface area contributed by atoms with Gasteiger partial charge < -0.3 is 5.32 Å². The fraction of sp³-hybridized carbons (Fsp3) is 0.391. The topological polar surface area (TPSA) is 44.7 Å². The van der Waals surface area contributed by atoms with Gasteiger partial charge in [0.25, 0.3) is 5.91 Å². The maximum absolute atomic E-state index is 13.2. The van der Waals surface area contributed by atoms with E-state index in [-0.39, 0.29) is 30.5 Å². The van der Waals surface area contributed by atoms with Crippen LogP contribution in [0.25, 0.3) is 0 Å². The Morgan fingerprint density at radius 1 is 1.10 bits per heavy atom. The minimum absolute atomic E-state index is 0.0945. The van der Waals surface area contributed by atoms with Gasteiger partial charge in [-0.25, -0.2) is 4.39 Å². The average Bonchev–Trinajstić information content (AvgIpc) is 3.12. The third kappa shape index (κ3) is 6.06. The quantitative estimate of drug-likeness (QED) is 0.598. The maximum Gasteiger partial charge on any atom is 0.389 e. The van der Waals surface area contributed by atoms with Crippen LogP contribution in [0.4, 0.5) is 17.6 Å². The highest BCUT2D eigenvalue weighted by molar-refractivity contribution is 6.39. The molecule has 0 aromatic heterocycles. The zero-order valence-corrected chi connectivity index (χ0v) is 17.4. The van der Waals surface area contributed by atoms with Gasteiger partial charge in [-0.2, -0.15) is 18.3 Å². The first-order valence-electron chi connectivity index (χ1n) is 10.1. The fourth-order valence-electron chi connectivity index (χ4n) is 3.60. The molecule has 1 aliphatic rings. The lowest BCUT2D eigenvalue weighted by molar-refractivity contribution is -0.136. The van der Waals surface area contributed by atoms with Gasteiger partial charge in [-0.05, 0) is 43.5 Å². The number of carbonyl (C=O) groups is 1. The second-order valence-corrected chi connectivity index (χ2v) is 8.15. The Labute approximate surface area is 178 Å². The molecule has 4 nitrogen and oxygen atoms in total. The fourth-order valence-corrected chi connectivity index (χ4v) is 3.60. The van der Waals surface area contributed by atoms with Crippen LogP contribution in [0.15, 0.2) is 59.7 Å². The zero-order valence-electron chi connectivity index (χ0n) is 17.4. The van der Waals surface area contributed by atoms with Crippen LogP contribution in [0.5, 0.6) is 0 Å². The lowest BCUT2D eigenvalue weighted by Crippen LogP contribution is -2.44. The number of nitrogens with one attached hydrogen (secondary N) is 1. The van der Waals surface area contributed by atoms with E-state index >= 15 is 0 Å². The van der Waals surface area contributed by atoms with Crippen molar-refractivity contribution in [2.75, 3.05) is 6.54 Å². The third-order valence-corrected chi connectivity index (χ3v) is 5.28. The summed E-state index contributed by atoms with van der Waals surface area (Å²) in [6.45, 7) is 3.68. The molecule has 0 radical (unpaired) electrons. The van der Waals surface area contributed by atoms with Gasteiger partial charge in [-0.3, -0.25) is 9.80 Å². The highest BCUT2D eigenvalue weighted by atomic mass is 19.4. The Morgan fingerprint density at radius 2 is 1.74 bits per heavy atom. The van der Waals surface area contributed by atoms with Gasteiger partial charge >= 0.3 is 6.18 Å². The molecule has 8 heteroatoms. The number of benzene rings is 2. The average molecular weight is 435 g/mol. The van der Waals surface area contributed by atoms with E-state index < -0.39 is 24.0 Å². The molecular weight excluding hydrogens is 410 g/mol. The summed E-state index contributed by atoms with van der Waals surface area (Å²) in [5.74, 6) is -0.764. The molecule has 1 unspecified atom stereocenters. The molecule has 2 aromatic carbocycles. The second-order valence-electron chi connectivity index (χ2n) is 8.15. The number of hydrazone groups is 1. The van der Waals surface area contributed by atoms with Crippen LogP contribution in [-0.4, -0.2) is 29.3 Å². The molecule has 0 saturated carbocycles. The van der Waals surface area contributed by atoms with Crippen molar-refractivity contribution in [1.29, 1.82) is 0 Å². The van der Waals surface area contributed by atoms with E-state index in [1.807, 2.05) is 30.3 Å². The first-order chi connectivity index (χ1) is 14.5. The molecule has 0 fully saturated rings. The second kappa shape index (κ2) is 9.08. The number of hydrogen-bond acceptors (Lipinski definition) is 3. The molecule has 0 spiro atoms. The predicted octanol–water partition coefficient (Wildman–Crippen LogP) is 5.32. The van der Waals surface area contributed by atoms with Crippen molar-refractivity contribution in [3.8, 4) is 0 Å². The molecule has 31 heavy (non-hydrogen) atoms. The van der Waals surface area contributed by atoms with Gasteiger partial charge in [0.2, 0.25) is 0 Å². The van der Waals surface area contributed by atoms with E-state index in [4.69, 9.17) is 0 Å².